The summed E-state index contributed by atoms with van der Waals surface area (Å²) < 4.78 is 17.5. The van der Waals surface area contributed by atoms with Gasteiger partial charge >= 0.3 is 0 Å². The molecule has 3 rings (SSSR count). The van der Waals surface area contributed by atoms with Crippen molar-refractivity contribution in [3.05, 3.63) is 54.1 Å². The van der Waals surface area contributed by atoms with E-state index < -0.39 is 0 Å². The number of nitrogens with one attached hydrogen (secondary N) is 1. The molecule has 0 saturated carbocycles. The summed E-state index contributed by atoms with van der Waals surface area (Å²) in [5.41, 5.74) is 2.20. The van der Waals surface area contributed by atoms with E-state index >= 15 is 0 Å². The third kappa shape index (κ3) is 6.47. The fraction of sp³-hybridized carbons (Fsp3) is 0.478. The molecule has 1 aliphatic heterocycles. The molecular formula is C23H31NO3. The lowest BCUT2D eigenvalue weighted by atomic mass is 10.1. The van der Waals surface area contributed by atoms with Gasteiger partial charge in [-0.2, -0.15) is 0 Å². The van der Waals surface area contributed by atoms with Crippen LogP contribution in [0.4, 0.5) is 5.69 Å². The standard InChI is InChI=1S/C23H31NO3/c1-18(2)12-14-26-23-11-4-3-7-19(23)16-24-20-8-5-9-21(15-20)27-17-22-10-6-13-25-22/h3-5,7-9,11,15,18,22,24H,6,10,12-14,16-17H2,1-2H3. The molecule has 1 saturated heterocycles. The zero-order valence-corrected chi connectivity index (χ0v) is 16.4. The van der Waals surface area contributed by atoms with Crippen molar-refractivity contribution >= 4 is 5.69 Å². The predicted octanol–water partition coefficient (Wildman–Crippen LogP) is 5.28. The van der Waals surface area contributed by atoms with Crippen molar-refractivity contribution in [3.63, 3.8) is 0 Å². The van der Waals surface area contributed by atoms with Crippen molar-refractivity contribution in [3.8, 4) is 11.5 Å². The van der Waals surface area contributed by atoms with Crippen molar-refractivity contribution in [1.82, 2.24) is 0 Å². The normalized spacial score (nSPS) is 16.5. The molecule has 4 nitrogen and oxygen atoms in total. The smallest absolute Gasteiger partial charge is 0.124 e. The van der Waals surface area contributed by atoms with Crippen LogP contribution in [0.25, 0.3) is 0 Å². The SMILES string of the molecule is CC(C)CCOc1ccccc1CNc1cccc(OCC2CCCO2)c1. The molecule has 1 fully saturated rings. The highest BCUT2D eigenvalue weighted by atomic mass is 16.5. The number of hydrogen-bond donors (Lipinski definition) is 1. The molecular weight excluding hydrogens is 338 g/mol. The average Bonchev–Trinajstić information content (AvgIpc) is 3.19. The fourth-order valence-corrected chi connectivity index (χ4v) is 3.05. The van der Waals surface area contributed by atoms with Crippen LogP contribution >= 0.6 is 0 Å². The van der Waals surface area contributed by atoms with Gasteiger partial charge in [-0.05, 0) is 43.4 Å². The summed E-state index contributed by atoms with van der Waals surface area (Å²) in [5.74, 6) is 2.47. The third-order valence-electron chi connectivity index (χ3n) is 4.70. The Labute approximate surface area is 162 Å². The molecule has 2 aromatic carbocycles. The van der Waals surface area contributed by atoms with Gasteiger partial charge in [0.25, 0.3) is 0 Å². The first kappa shape index (κ1) is 19.6. The van der Waals surface area contributed by atoms with Crippen molar-refractivity contribution < 1.29 is 14.2 Å². The molecule has 1 N–H and O–H groups in total. The minimum absolute atomic E-state index is 0.233. The first-order chi connectivity index (χ1) is 13.2. The van der Waals surface area contributed by atoms with Gasteiger partial charge in [-0.3, -0.25) is 0 Å². The van der Waals surface area contributed by atoms with Crippen LogP contribution in [-0.2, 0) is 11.3 Å². The highest BCUT2D eigenvalue weighted by Crippen LogP contribution is 2.23. The molecule has 1 aliphatic rings. The predicted molar refractivity (Wildman–Crippen MR) is 110 cm³/mol. The summed E-state index contributed by atoms with van der Waals surface area (Å²) in [5, 5.41) is 3.48. The van der Waals surface area contributed by atoms with Crippen molar-refractivity contribution in [2.75, 3.05) is 25.1 Å². The molecule has 4 heteroatoms. The van der Waals surface area contributed by atoms with Crippen LogP contribution in [0.5, 0.6) is 11.5 Å². The quantitative estimate of drug-likeness (QED) is 0.618. The van der Waals surface area contributed by atoms with E-state index in [4.69, 9.17) is 14.2 Å². The van der Waals surface area contributed by atoms with Gasteiger partial charge in [-0.25, -0.2) is 0 Å². The Hall–Kier alpha value is -2.20. The number of benzene rings is 2. The summed E-state index contributed by atoms with van der Waals surface area (Å²) in [6.45, 7) is 7.37. The van der Waals surface area contributed by atoms with E-state index in [1.165, 1.54) is 0 Å². The van der Waals surface area contributed by atoms with E-state index in [1.807, 2.05) is 36.4 Å². The van der Waals surface area contributed by atoms with E-state index in [9.17, 15) is 0 Å². The second-order valence-corrected chi connectivity index (χ2v) is 7.47. The molecule has 1 unspecified atom stereocenters. The Balaban J connectivity index is 1.52. The lowest BCUT2D eigenvalue weighted by molar-refractivity contribution is 0.0680. The van der Waals surface area contributed by atoms with E-state index in [1.54, 1.807) is 0 Å². The summed E-state index contributed by atoms with van der Waals surface area (Å²) in [7, 11) is 0. The van der Waals surface area contributed by atoms with Gasteiger partial charge in [0.1, 0.15) is 18.1 Å². The molecule has 27 heavy (non-hydrogen) atoms. The van der Waals surface area contributed by atoms with Crippen molar-refractivity contribution in [2.24, 2.45) is 5.92 Å². The first-order valence-electron chi connectivity index (χ1n) is 10.00. The summed E-state index contributed by atoms with van der Waals surface area (Å²) in [6.07, 6.45) is 3.52. The number of ether oxygens (including phenoxy) is 3. The zero-order valence-electron chi connectivity index (χ0n) is 16.4. The Morgan fingerprint density at radius 1 is 1.11 bits per heavy atom. The molecule has 0 bridgehead atoms. The van der Waals surface area contributed by atoms with Gasteiger partial charge in [0.05, 0.1) is 12.7 Å². The second-order valence-electron chi connectivity index (χ2n) is 7.47. The van der Waals surface area contributed by atoms with Gasteiger partial charge in [0, 0.05) is 30.5 Å². The molecule has 0 amide bonds. The van der Waals surface area contributed by atoms with Crippen LogP contribution in [0.3, 0.4) is 0 Å². The van der Waals surface area contributed by atoms with E-state index in [-0.39, 0.29) is 6.10 Å². The van der Waals surface area contributed by atoms with Crippen molar-refractivity contribution in [1.29, 1.82) is 0 Å². The molecule has 0 aliphatic carbocycles. The number of hydrogen-bond acceptors (Lipinski definition) is 4. The molecule has 1 atom stereocenters. The minimum atomic E-state index is 0.233. The van der Waals surface area contributed by atoms with E-state index in [0.717, 1.165) is 55.2 Å². The largest absolute Gasteiger partial charge is 0.493 e. The van der Waals surface area contributed by atoms with Crippen LogP contribution in [0.2, 0.25) is 0 Å². The lowest BCUT2D eigenvalue weighted by Crippen LogP contribution is -2.16. The second kappa shape index (κ2) is 10.2. The van der Waals surface area contributed by atoms with Gasteiger partial charge in [-0.1, -0.05) is 38.1 Å². The summed E-state index contributed by atoms with van der Waals surface area (Å²) >= 11 is 0. The van der Waals surface area contributed by atoms with Gasteiger partial charge in [0.15, 0.2) is 0 Å². The molecule has 0 aromatic heterocycles. The molecule has 146 valence electrons. The maximum absolute atomic E-state index is 5.98. The molecule has 2 aromatic rings. The average molecular weight is 370 g/mol. The maximum atomic E-state index is 5.98. The fourth-order valence-electron chi connectivity index (χ4n) is 3.05. The Bertz CT molecular complexity index is 696. The van der Waals surface area contributed by atoms with Crippen LogP contribution in [0.1, 0.15) is 38.7 Å². The van der Waals surface area contributed by atoms with Crippen LogP contribution in [0.15, 0.2) is 48.5 Å². The monoisotopic (exact) mass is 369 g/mol. The minimum Gasteiger partial charge on any atom is -0.493 e. The Morgan fingerprint density at radius 2 is 2.00 bits per heavy atom. The topological polar surface area (TPSA) is 39.7 Å². The van der Waals surface area contributed by atoms with E-state index in [0.29, 0.717) is 19.1 Å². The number of rotatable bonds is 10. The van der Waals surface area contributed by atoms with E-state index in [2.05, 4.69) is 31.3 Å². The first-order valence-corrected chi connectivity index (χ1v) is 10.00. The van der Waals surface area contributed by atoms with Crippen molar-refractivity contribution in [2.45, 2.75) is 45.8 Å². The summed E-state index contributed by atoms with van der Waals surface area (Å²) in [6, 6.07) is 16.3. The van der Waals surface area contributed by atoms with Gasteiger partial charge < -0.3 is 19.5 Å². The van der Waals surface area contributed by atoms with Crippen LogP contribution in [0, 0.1) is 5.92 Å². The number of para-hydroxylation sites is 1. The van der Waals surface area contributed by atoms with Gasteiger partial charge in [-0.15, -0.1) is 0 Å². The number of anilines is 1. The molecule has 0 radical (unpaired) electrons. The Kier molecular flexibility index (Phi) is 7.40. The van der Waals surface area contributed by atoms with Gasteiger partial charge in [0.2, 0.25) is 0 Å². The maximum Gasteiger partial charge on any atom is 0.124 e. The molecule has 1 heterocycles. The third-order valence-corrected chi connectivity index (χ3v) is 4.70. The lowest BCUT2D eigenvalue weighted by Gasteiger charge is -2.15. The van der Waals surface area contributed by atoms with Crippen LogP contribution < -0.4 is 14.8 Å². The zero-order chi connectivity index (χ0) is 18.9. The van der Waals surface area contributed by atoms with Crippen LogP contribution in [-0.4, -0.2) is 25.9 Å². The summed E-state index contributed by atoms with van der Waals surface area (Å²) in [4.78, 5) is 0. The Morgan fingerprint density at radius 3 is 2.81 bits per heavy atom. The highest BCUT2D eigenvalue weighted by Gasteiger charge is 2.16. The molecule has 0 spiro atoms. The highest BCUT2D eigenvalue weighted by molar-refractivity contribution is 5.49.